The second kappa shape index (κ2) is 6.50. The van der Waals surface area contributed by atoms with Crippen LogP contribution in [0.3, 0.4) is 0 Å². The number of rotatable bonds is 5. The van der Waals surface area contributed by atoms with E-state index in [0.29, 0.717) is 22.7 Å². The van der Waals surface area contributed by atoms with E-state index < -0.39 is 23.3 Å². The molecule has 130 valence electrons. The summed E-state index contributed by atoms with van der Waals surface area (Å²) < 4.78 is 5.91. The molecule has 1 aliphatic rings. The fourth-order valence-corrected chi connectivity index (χ4v) is 3.34. The molecular formula is C18H17BrN2O4. The highest BCUT2D eigenvalue weighted by molar-refractivity contribution is 9.10. The maximum Gasteiger partial charge on any atom is 0.258 e. The van der Waals surface area contributed by atoms with Crippen molar-refractivity contribution in [2.24, 2.45) is 0 Å². The number of amides is 1. The zero-order valence-corrected chi connectivity index (χ0v) is 15.3. The molecule has 2 atom stereocenters. The number of benzene rings is 2. The number of hydrogen-bond acceptors (Lipinski definition) is 5. The van der Waals surface area contributed by atoms with Gasteiger partial charge in [0.15, 0.2) is 11.3 Å². The summed E-state index contributed by atoms with van der Waals surface area (Å²) in [4.78, 5) is 24.8. The van der Waals surface area contributed by atoms with Gasteiger partial charge < -0.3 is 20.5 Å². The Morgan fingerprint density at radius 3 is 2.56 bits per heavy atom. The number of halogens is 1. The molecule has 0 bridgehead atoms. The molecule has 25 heavy (non-hydrogen) atoms. The number of carbonyl (C=O) groups is 2. The number of ketones is 1. The van der Waals surface area contributed by atoms with Crippen LogP contribution >= 0.6 is 15.9 Å². The fraction of sp³-hybridized carbons (Fsp3) is 0.222. The maximum atomic E-state index is 12.8. The summed E-state index contributed by atoms with van der Waals surface area (Å²) in [5, 5.41) is 16.4. The molecule has 0 spiro atoms. The van der Waals surface area contributed by atoms with Crippen molar-refractivity contribution in [3.8, 4) is 5.75 Å². The molecule has 0 aromatic heterocycles. The Morgan fingerprint density at radius 2 is 1.96 bits per heavy atom. The number of aliphatic hydroxyl groups excluding tert-OH is 1. The second-order valence-electron chi connectivity index (χ2n) is 5.82. The predicted octanol–water partition coefficient (Wildman–Crippen LogP) is 2.67. The summed E-state index contributed by atoms with van der Waals surface area (Å²) in [6.45, 7) is 1.26. The van der Waals surface area contributed by atoms with E-state index in [1.807, 2.05) is 0 Å². The minimum atomic E-state index is -1.60. The van der Waals surface area contributed by atoms with Crippen LogP contribution < -0.4 is 15.4 Å². The molecule has 0 radical (unpaired) electrons. The van der Waals surface area contributed by atoms with Crippen LogP contribution in [0.4, 0.5) is 11.4 Å². The van der Waals surface area contributed by atoms with Crippen LogP contribution in [0, 0.1) is 0 Å². The highest BCUT2D eigenvalue weighted by atomic mass is 79.9. The maximum absolute atomic E-state index is 12.8. The number of nitrogens with one attached hydrogen (secondary N) is 2. The number of ether oxygens (including phenoxy) is 1. The first-order valence-corrected chi connectivity index (χ1v) is 8.40. The quantitative estimate of drug-likeness (QED) is 0.712. The Morgan fingerprint density at radius 1 is 1.28 bits per heavy atom. The molecule has 2 aromatic carbocycles. The van der Waals surface area contributed by atoms with Gasteiger partial charge in [0.1, 0.15) is 11.9 Å². The van der Waals surface area contributed by atoms with Crippen LogP contribution in [0.25, 0.3) is 0 Å². The third-order valence-electron chi connectivity index (χ3n) is 4.24. The molecule has 7 heteroatoms. The lowest BCUT2D eigenvalue weighted by atomic mass is 9.83. The first-order valence-electron chi connectivity index (χ1n) is 7.60. The molecule has 2 aromatic rings. The molecule has 6 nitrogen and oxygen atoms in total. The molecule has 1 aliphatic heterocycles. The van der Waals surface area contributed by atoms with Gasteiger partial charge in [-0.15, -0.1) is 0 Å². The van der Waals surface area contributed by atoms with E-state index in [0.717, 1.165) is 4.47 Å². The minimum absolute atomic E-state index is 0.487. The van der Waals surface area contributed by atoms with Gasteiger partial charge in [-0.2, -0.15) is 0 Å². The van der Waals surface area contributed by atoms with Gasteiger partial charge in [-0.25, -0.2) is 0 Å². The molecule has 1 heterocycles. The molecule has 0 unspecified atom stereocenters. The van der Waals surface area contributed by atoms with Gasteiger partial charge in [-0.3, -0.25) is 9.59 Å². The first kappa shape index (κ1) is 17.4. The number of aliphatic hydroxyl groups is 1. The minimum Gasteiger partial charge on any atom is -0.497 e. The number of hydrogen-bond donors (Lipinski definition) is 3. The van der Waals surface area contributed by atoms with Crippen molar-refractivity contribution in [2.45, 2.75) is 18.6 Å². The van der Waals surface area contributed by atoms with E-state index in [1.165, 1.54) is 6.92 Å². The van der Waals surface area contributed by atoms with Gasteiger partial charge in [0.05, 0.1) is 7.11 Å². The zero-order chi connectivity index (χ0) is 18.2. The largest absolute Gasteiger partial charge is 0.497 e. The van der Waals surface area contributed by atoms with Gasteiger partial charge in [-0.05, 0) is 43.3 Å². The number of carbonyl (C=O) groups excluding carboxylic acids is 2. The number of Topliss-reactive ketones (excluding diaryl/α,β-unsaturated/α-hetero) is 1. The van der Waals surface area contributed by atoms with Crippen molar-refractivity contribution in [3.63, 3.8) is 0 Å². The van der Waals surface area contributed by atoms with Crippen molar-refractivity contribution in [1.29, 1.82) is 0 Å². The third-order valence-corrected chi connectivity index (χ3v) is 4.73. The van der Waals surface area contributed by atoms with E-state index in [1.54, 1.807) is 49.6 Å². The molecular weight excluding hydrogens is 388 g/mol. The molecule has 3 rings (SSSR count). The van der Waals surface area contributed by atoms with Gasteiger partial charge in [-0.1, -0.05) is 22.0 Å². The number of fused-ring (bicyclic) bond motifs is 1. The van der Waals surface area contributed by atoms with E-state index in [4.69, 9.17) is 4.74 Å². The first-order chi connectivity index (χ1) is 11.9. The topological polar surface area (TPSA) is 87.7 Å². The highest BCUT2D eigenvalue weighted by Crippen LogP contribution is 2.42. The SMILES string of the molecule is COc1ccc(N[C@@]2([C@@H](O)C(C)=O)C(=O)Nc3cc(Br)ccc32)cc1. The lowest BCUT2D eigenvalue weighted by Crippen LogP contribution is -2.54. The standard InChI is InChI=1S/C18H17BrN2O4/c1-10(22)16(23)18(21-12-4-6-13(25-2)7-5-12)14-8-3-11(19)9-15(14)20-17(18)24/h3-9,16,21,23H,1-2H3,(H,20,24)/t16-,18-/m0/s1. The summed E-state index contributed by atoms with van der Waals surface area (Å²) in [7, 11) is 1.56. The molecule has 0 aliphatic carbocycles. The van der Waals surface area contributed by atoms with E-state index in [9.17, 15) is 14.7 Å². The van der Waals surface area contributed by atoms with Gasteiger partial charge >= 0.3 is 0 Å². The summed E-state index contributed by atoms with van der Waals surface area (Å²) >= 11 is 3.36. The summed E-state index contributed by atoms with van der Waals surface area (Å²) in [6.07, 6.45) is -1.54. The zero-order valence-electron chi connectivity index (χ0n) is 13.7. The van der Waals surface area contributed by atoms with Gasteiger partial charge in [0.25, 0.3) is 5.91 Å². The molecule has 0 saturated carbocycles. The fourth-order valence-electron chi connectivity index (χ4n) is 2.98. The van der Waals surface area contributed by atoms with Crippen LogP contribution in [-0.2, 0) is 15.1 Å². The van der Waals surface area contributed by atoms with Gasteiger partial charge in [0, 0.05) is 21.4 Å². The smallest absolute Gasteiger partial charge is 0.258 e. The van der Waals surface area contributed by atoms with Crippen LogP contribution in [0.15, 0.2) is 46.9 Å². The van der Waals surface area contributed by atoms with Crippen LogP contribution in [0.5, 0.6) is 5.75 Å². The van der Waals surface area contributed by atoms with Crippen molar-refractivity contribution in [2.75, 3.05) is 17.7 Å². The average molecular weight is 405 g/mol. The van der Waals surface area contributed by atoms with Crippen molar-refractivity contribution in [1.82, 2.24) is 0 Å². The predicted molar refractivity (Wildman–Crippen MR) is 97.8 cm³/mol. The average Bonchev–Trinajstić information content (AvgIpc) is 2.86. The molecule has 3 N–H and O–H groups in total. The number of methoxy groups -OCH3 is 1. The third kappa shape index (κ3) is 2.89. The lowest BCUT2D eigenvalue weighted by molar-refractivity contribution is -0.135. The summed E-state index contributed by atoms with van der Waals surface area (Å²) in [6, 6.07) is 12.1. The van der Waals surface area contributed by atoms with Crippen LogP contribution in [-0.4, -0.2) is 30.0 Å². The Kier molecular flexibility index (Phi) is 4.53. The lowest BCUT2D eigenvalue weighted by Gasteiger charge is -2.33. The van der Waals surface area contributed by atoms with Gasteiger partial charge in [0.2, 0.25) is 0 Å². The van der Waals surface area contributed by atoms with Crippen molar-refractivity contribution < 1.29 is 19.4 Å². The molecule has 0 fully saturated rings. The van der Waals surface area contributed by atoms with Crippen LogP contribution in [0.2, 0.25) is 0 Å². The molecule has 1 amide bonds. The number of anilines is 2. The Balaban J connectivity index is 2.12. The summed E-state index contributed by atoms with van der Waals surface area (Å²) in [5.41, 5.74) is 0.0307. The van der Waals surface area contributed by atoms with Crippen LogP contribution in [0.1, 0.15) is 12.5 Å². The Labute approximate surface area is 153 Å². The van der Waals surface area contributed by atoms with E-state index in [2.05, 4.69) is 26.6 Å². The molecule has 0 saturated heterocycles. The highest BCUT2D eigenvalue weighted by Gasteiger charge is 2.54. The van der Waals surface area contributed by atoms with Crippen molar-refractivity contribution >= 4 is 39.0 Å². The van der Waals surface area contributed by atoms with E-state index in [-0.39, 0.29) is 0 Å². The monoisotopic (exact) mass is 404 g/mol. The van der Waals surface area contributed by atoms with E-state index >= 15 is 0 Å². The van der Waals surface area contributed by atoms with Crippen molar-refractivity contribution in [3.05, 3.63) is 52.5 Å². The normalized spacial score (nSPS) is 19.8. The Hall–Kier alpha value is -2.38. The Bertz CT molecular complexity index is 837. The second-order valence-corrected chi connectivity index (χ2v) is 6.73. The summed E-state index contributed by atoms with van der Waals surface area (Å²) in [5.74, 6) is -0.335.